The van der Waals surface area contributed by atoms with Crippen LogP contribution < -0.4 is 0 Å². The van der Waals surface area contributed by atoms with Crippen LogP contribution in [0.1, 0.15) is 25.7 Å². The Balaban J connectivity index is -0.0000000198. The van der Waals surface area contributed by atoms with Crippen LogP contribution in [-0.2, 0) is 42.1 Å². The number of hydrogen-bond acceptors (Lipinski definition) is 4. The molecule has 0 radical (unpaired) electrons. The zero-order chi connectivity index (χ0) is 14.2. The van der Waals surface area contributed by atoms with Gasteiger partial charge in [-0.05, 0) is 27.2 Å². The van der Waals surface area contributed by atoms with Crippen molar-refractivity contribution in [1.82, 2.24) is 9.80 Å². The predicted octanol–water partition coefficient (Wildman–Crippen LogP) is 0.220. The SMILES string of the molecule is CN1C[CH-]CCC1.CN1C[CH-]CCC1.CO.CO.O.[Ar].[Ar].[U].[U].[W].[W]. The maximum absolute atomic E-state index is 7.00. The fraction of sp³-hybridized carbons (Fsp3) is 0.857. The van der Waals surface area contributed by atoms with Crippen molar-refractivity contribution in [3.63, 3.8) is 0 Å². The molecule has 2 aliphatic heterocycles. The minimum absolute atomic E-state index is 0. The van der Waals surface area contributed by atoms with E-state index in [4.69, 9.17) is 10.2 Å². The van der Waals surface area contributed by atoms with E-state index in [1.807, 2.05) is 0 Å². The first-order valence-electron chi connectivity index (χ1n) is 6.69. The summed E-state index contributed by atoms with van der Waals surface area (Å²) in [4.78, 5) is 4.67. The van der Waals surface area contributed by atoms with Gasteiger partial charge >= 0.3 is 0 Å². The number of rotatable bonds is 0. The van der Waals surface area contributed by atoms with Crippen LogP contribution in [0.4, 0.5) is 0 Å². The van der Waals surface area contributed by atoms with E-state index in [2.05, 4.69) is 36.7 Å². The zero-order valence-electron chi connectivity index (χ0n) is 15.6. The van der Waals surface area contributed by atoms with Gasteiger partial charge in [-0.3, -0.25) is 0 Å². The molecular formula is C14H34Ar2N2O3U2W2-2. The predicted molar refractivity (Wildman–Crippen MR) is 82.0 cm³/mol. The van der Waals surface area contributed by atoms with Crippen LogP contribution in [0.3, 0.4) is 0 Å². The number of nitrogens with zero attached hydrogens (tertiary/aromatic N) is 2. The summed E-state index contributed by atoms with van der Waals surface area (Å²) < 4.78 is 0. The van der Waals surface area contributed by atoms with E-state index in [9.17, 15) is 0 Å². The normalized spacial score (nSPS) is 14.6. The van der Waals surface area contributed by atoms with Gasteiger partial charge in [0.2, 0.25) is 0 Å². The molecule has 5 nitrogen and oxygen atoms in total. The second-order valence-electron chi connectivity index (χ2n) is 4.39. The number of piperidine rings is 2. The fourth-order valence-electron chi connectivity index (χ4n) is 1.82. The van der Waals surface area contributed by atoms with E-state index < -0.39 is 0 Å². The molecule has 0 spiro atoms. The van der Waals surface area contributed by atoms with E-state index >= 15 is 0 Å². The largest absolute Gasteiger partial charge is 0.412 e. The van der Waals surface area contributed by atoms with E-state index in [1.165, 1.54) is 51.9 Å². The minimum Gasteiger partial charge on any atom is -0.412 e. The van der Waals surface area contributed by atoms with Crippen molar-refractivity contribution in [1.29, 1.82) is 0 Å². The summed E-state index contributed by atoms with van der Waals surface area (Å²) in [6.45, 7) is 4.97. The topological polar surface area (TPSA) is 78.4 Å². The summed E-state index contributed by atoms with van der Waals surface area (Å²) in [7, 11) is 6.32. The molecule has 0 aliphatic carbocycles. The zero-order valence-corrected chi connectivity index (χ0v) is 31.2. The summed E-state index contributed by atoms with van der Waals surface area (Å²) in [6, 6.07) is 0. The molecule has 2 saturated heterocycles. The molecule has 2 rings (SSSR count). The van der Waals surface area contributed by atoms with Gasteiger partial charge in [-0.1, -0.05) is 12.8 Å². The first kappa shape index (κ1) is 57.6. The first-order valence-corrected chi connectivity index (χ1v) is 6.69. The van der Waals surface area contributed by atoms with Gasteiger partial charge in [0, 0.05) is 194 Å². The number of aliphatic hydroxyl groups is 2. The Morgan fingerprint density at radius 3 is 1.00 bits per heavy atom. The quantitative estimate of drug-likeness (QED) is 0.341. The molecule has 25 heavy (non-hydrogen) atoms. The fourth-order valence-corrected chi connectivity index (χ4v) is 1.82. The van der Waals surface area contributed by atoms with Crippen molar-refractivity contribution in [2.75, 3.05) is 54.5 Å². The molecule has 0 aromatic heterocycles. The molecule has 156 valence electrons. The maximum atomic E-state index is 7.00. The van der Waals surface area contributed by atoms with Crippen LogP contribution in [0.25, 0.3) is 0 Å². The molecule has 0 atom stereocenters. The Labute approximate surface area is 292 Å². The number of hydrogen-bond donors (Lipinski definition) is 2. The summed E-state index contributed by atoms with van der Waals surface area (Å²) >= 11 is 0. The summed E-state index contributed by atoms with van der Waals surface area (Å²) in [6.07, 6.45) is 10.0. The van der Waals surface area contributed by atoms with Gasteiger partial charge in [0.25, 0.3) is 0 Å². The van der Waals surface area contributed by atoms with Crippen LogP contribution >= 0.6 is 0 Å². The van der Waals surface area contributed by atoms with Crippen LogP contribution in [0, 0.1) is 151 Å². The molecular weight excluding hydrogens is 1170 g/mol. The smallest absolute Gasteiger partial charge is 0.0319 e. The van der Waals surface area contributed by atoms with Crippen molar-refractivity contribution < 1.29 is 196 Å². The first-order chi connectivity index (χ1) is 8.79. The van der Waals surface area contributed by atoms with Gasteiger partial charge < -0.3 is 38.3 Å². The van der Waals surface area contributed by atoms with Crippen molar-refractivity contribution >= 4 is 0 Å². The molecule has 11 heteroatoms. The average molecular weight is 1200 g/mol. The molecule has 0 saturated carbocycles. The maximum Gasteiger partial charge on any atom is 0.0319 e. The number of aliphatic hydroxyl groups excluding tert-OH is 2. The van der Waals surface area contributed by atoms with Gasteiger partial charge in [-0.25, -0.2) is 0 Å². The Morgan fingerprint density at radius 1 is 0.680 bits per heavy atom. The second-order valence-corrected chi connectivity index (χ2v) is 4.39. The molecule has 4 N–H and O–H groups in total. The van der Waals surface area contributed by atoms with Gasteiger partial charge in [-0.15, -0.1) is 13.1 Å². The molecule has 2 aliphatic rings. The van der Waals surface area contributed by atoms with E-state index in [1.54, 1.807) is 0 Å². The van der Waals surface area contributed by atoms with E-state index in [0.717, 1.165) is 14.2 Å². The van der Waals surface area contributed by atoms with Crippen molar-refractivity contribution in [3.8, 4) is 0 Å². The molecule has 0 amide bonds. The van der Waals surface area contributed by atoms with Crippen LogP contribution in [0.15, 0.2) is 0 Å². The van der Waals surface area contributed by atoms with Crippen LogP contribution in [-0.4, -0.2) is 80.0 Å². The third-order valence-corrected chi connectivity index (χ3v) is 2.78. The molecule has 0 aromatic carbocycles. The standard InChI is InChI=1S/2C6H12N.2CH4O.2Ar.H2O.2U.2W/c2*1-7-5-3-2-4-6-7;2*1-2;;;;;;;/h2*3H,2,4-6H2,1H3;2*2H,1H3;;;1H2;;;;/q2*-1;;;;;;;;;. The van der Waals surface area contributed by atoms with Crippen LogP contribution in [0.5, 0.6) is 0 Å². The third kappa shape index (κ3) is 48.5. The average Bonchev–Trinajstić information content (AvgIpc) is 2.46. The van der Waals surface area contributed by atoms with E-state index in [-0.39, 0.29) is 185 Å². The molecule has 0 unspecified atom stereocenters. The van der Waals surface area contributed by atoms with E-state index in [0.29, 0.717) is 0 Å². The molecule has 0 bridgehead atoms. The van der Waals surface area contributed by atoms with Crippen LogP contribution in [0.2, 0.25) is 0 Å². The van der Waals surface area contributed by atoms with Gasteiger partial charge in [0.15, 0.2) is 0 Å². The van der Waals surface area contributed by atoms with Gasteiger partial charge in [0.1, 0.15) is 0 Å². The Hall–Kier alpha value is 5.80. The Kier molecular flexibility index (Phi) is 120. The molecule has 2 heterocycles. The Morgan fingerprint density at radius 2 is 0.920 bits per heavy atom. The summed E-state index contributed by atoms with van der Waals surface area (Å²) in [5.74, 6) is 0. The summed E-state index contributed by atoms with van der Waals surface area (Å²) in [5, 5.41) is 14.0. The molecule has 0 aromatic rings. The van der Waals surface area contributed by atoms with Crippen molar-refractivity contribution in [2.45, 2.75) is 25.7 Å². The second kappa shape index (κ2) is 52.0. The number of likely N-dealkylation sites (tertiary alicyclic amines) is 2. The van der Waals surface area contributed by atoms with Gasteiger partial charge in [-0.2, -0.15) is 12.8 Å². The Bertz CT molecular complexity index is 150. The summed E-state index contributed by atoms with van der Waals surface area (Å²) in [5.41, 5.74) is 0. The third-order valence-electron chi connectivity index (χ3n) is 2.78. The van der Waals surface area contributed by atoms with Gasteiger partial charge in [0.05, 0.1) is 0 Å². The molecule has 2 fully saturated rings. The monoisotopic (exact) mass is 1200 g/mol. The minimum atomic E-state index is 0. The van der Waals surface area contributed by atoms with Crippen molar-refractivity contribution in [3.05, 3.63) is 12.8 Å². The van der Waals surface area contributed by atoms with Crippen molar-refractivity contribution in [2.24, 2.45) is 0 Å².